The van der Waals surface area contributed by atoms with Crippen LogP contribution in [0.5, 0.6) is 0 Å². The quantitative estimate of drug-likeness (QED) is 0.758. The van der Waals surface area contributed by atoms with Crippen molar-refractivity contribution in [3.8, 4) is 0 Å². The molecule has 1 fully saturated rings. The fraction of sp³-hybridized carbons (Fsp3) is 0.611. The Balaban J connectivity index is 2.04. The molecule has 3 rings (SSSR count). The van der Waals surface area contributed by atoms with Crippen molar-refractivity contribution in [3.63, 3.8) is 0 Å². The molecule has 0 N–H and O–H groups in total. The molecule has 6 nitrogen and oxygen atoms in total. The van der Waals surface area contributed by atoms with E-state index in [1.165, 1.54) is 11.3 Å². The lowest BCUT2D eigenvalue weighted by Crippen LogP contribution is -2.40. The number of hydrogen-bond acceptors (Lipinski definition) is 7. The Morgan fingerprint density at radius 2 is 2.08 bits per heavy atom. The van der Waals surface area contributed by atoms with E-state index in [9.17, 15) is 4.79 Å². The molecule has 1 aliphatic heterocycles. The summed E-state index contributed by atoms with van der Waals surface area (Å²) in [5.74, 6) is 1.35. The molecule has 1 aliphatic rings. The summed E-state index contributed by atoms with van der Waals surface area (Å²) in [4.78, 5) is 25.3. The molecular weight excluding hydrogens is 338 g/mol. The van der Waals surface area contributed by atoms with Crippen LogP contribution in [0.1, 0.15) is 47.7 Å². The van der Waals surface area contributed by atoms with Gasteiger partial charge in [-0.05, 0) is 46.1 Å². The fourth-order valence-corrected chi connectivity index (χ4v) is 4.46. The van der Waals surface area contributed by atoms with Crippen molar-refractivity contribution in [1.29, 1.82) is 0 Å². The number of fused-ring (bicyclic) bond motifs is 1. The maximum atomic E-state index is 12.3. The van der Waals surface area contributed by atoms with E-state index < -0.39 is 0 Å². The molecule has 0 aliphatic carbocycles. The molecule has 0 amide bonds. The number of piperidine rings is 1. The summed E-state index contributed by atoms with van der Waals surface area (Å²) in [6.07, 6.45) is 2.38. The van der Waals surface area contributed by atoms with Crippen LogP contribution in [-0.4, -0.2) is 48.3 Å². The first-order valence-electron chi connectivity index (χ1n) is 8.86. The van der Waals surface area contributed by atoms with Crippen LogP contribution in [0.3, 0.4) is 0 Å². The van der Waals surface area contributed by atoms with E-state index in [2.05, 4.69) is 9.88 Å². The Morgan fingerprint density at radius 3 is 2.80 bits per heavy atom. The van der Waals surface area contributed by atoms with Crippen LogP contribution in [0.15, 0.2) is 0 Å². The van der Waals surface area contributed by atoms with E-state index >= 15 is 0 Å². The summed E-state index contributed by atoms with van der Waals surface area (Å²) in [7, 11) is 0. The number of nitrogens with zero attached hydrogens (tertiary/aromatic N) is 3. The molecule has 3 heterocycles. The molecule has 2 aromatic heterocycles. The van der Waals surface area contributed by atoms with Crippen molar-refractivity contribution in [2.24, 2.45) is 0 Å². The third-order valence-electron chi connectivity index (χ3n) is 4.42. The van der Waals surface area contributed by atoms with Gasteiger partial charge in [0, 0.05) is 19.7 Å². The first-order chi connectivity index (χ1) is 12.0. The monoisotopic (exact) mass is 363 g/mol. The van der Waals surface area contributed by atoms with Gasteiger partial charge in [0.1, 0.15) is 21.3 Å². The topological polar surface area (TPSA) is 64.5 Å². The molecule has 0 saturated carbocycles. The predicted octanol–water partition coefficient (Wildman–Crippen LogP) is 3.49. The van der Waals surface area contributed by atoms with E-state index in [-0.39, 0.29) is 12.1 Å². The van der Waals surface area contributed by atoms with Crippen molar-refractivity contribution >= 4 is 33.3 Å². The van der Waals surface area contributed by atoms with Gasteiger partial charge in [0.25, 0.3) is 0 Å². The summed E-state index contributed by atoms with van der Waals surface area (Å²) < 4.78 is 11.0. The van der Waals surface area contributed by atoms with Gasteiger partial charge in [-0.25, -0.2) is 14.8 Å². The first kappa shape index (κ1) is 18.1. The molecule has 0 bridgehead atoms. The SMILES string of the molecule is CCOC(=O)c1sc2nc(C)nc(N3CCCC(OCC)C3)c2c1C. The molecular formula is C18H25N3O3S. The summed E-state index contributed by atoms with van der Waals surface area (Å²) in [5.41, 5.74) is 0.909. The molecule has 7 heteroatoms. The number of aryl methyl sites for hydroxylation is 2. The van der Waals surface area contributed by atoms with Gasteiger partial charge in [-0.2, -0.15) is 0 Å². The van der Waals surface area contributed by atoms with Crippen LogP contribution in [0.25, 0.3) is 10.2 Å². The molecule has 0 radical (unpaired) electrons. The zero-order valence-electron chi connectivity index (χ0n) is 15.3. The highest BCUT2D eigenvalue weighted by Crippen LogP contribution is 2.36. The largest absolute Gasteiger partial charge is 0.462 e. The van der Waals surface area contributed by atoms with Crippen molar-refractivity contribution in [2.45, 2.75) is 46.6 Å². The van der Waals surface area contributed by atoms with Crippen LogP contribution in [-0.2, 0) is 9.47 Å². The Labute approximate surface area is 152 Å². The van der Waals surface area contributed by atoms with Gasteiger partial charge in [-0.1, -0.05) is 0 Å². The molecule has 2 aromatic rings. The molecule has 25 heavy (non-hydrogen) atoms. The van der Waals surface area contributed by atoms with Gasteiger partial charge in [-0.3, -0.25) is 0 Å². The summed E-state index contributed by atoms with van der Waals surface area (Å²) in [6.45, 7) is 10.6. The number of anilines is 1. The third kappa shape index (κ3) is 3.62. The van der Waals surface area contributed by atoms with Gasteiger partial charge in [0.2, 0.25) is 0 Å². The lowest BCUT2D eigenvalue weighted by atomic mass is 10.1. The molecule has 0 spiro atoms. The van der Waals surface area contributed by atoms with E-state index in [4.69, 9.17) is 14.5 Å². The zero-order valence-corrected chi connectivity index (χ0v) is 16.1. The smallest absolute Gasteiger partial charge is 0.348 e. The second-order valence-electron chi connectivity index (χ2n) is 6.22. The minimum absolute atomic E-state index is 0.229. The van der Waals surface area contributed by atoms with Crippen molar-refractivity contribution in [2.75, 3.05) is 31.2 Å². The third-order valence-corrected chi connectivity index (χ3v) is 5.59. The molecule has 1 saturated heterocycles. The highest BCUT2D eigenvalue weighted by molar-refractivity contribution is 7.20. The van der Waals surface area contributed by atoms with Gasteiger partial charge in [0.15, 0.2) is 0 Å². The fourth-order valence-electron chi connectivity index (χ4n) is 3.34. The van der Waals surface area contributed by atoms with Gasteiger partial charge < -0.3 is 14.4 Å². The van der Waals surface area contributed by atoms with Gasteiger partial charge >= 0.3 is 5.97 Å². The highest BCUT2D eigenvalue weighted by Gasteiger charge is 2.27. The average Bonchev–Trinajstić information content (AvgIpc) is 2.91. The number of aromatic nitrogens is 2. The number of hydrogen-bond donors (Lipinski definition) is 0. The second-order valence-corrected chi connectivity index (χ2v) is 7.22. The standard InChI is InChI=1S/C18H25N3O3S/c1-5-23-13-8-7-9-21(10-13)16-14-11(3)15(18(22)24-6-2)25-17(14)20-12(4)19-16/h13H,5-10H2,1-4H3. The normalized spacial score (nSPS) is 17.9. The molecule has 0 aromatic carbocycles. The Hall–Kier alpha value is -1.73. The van der Waals surface area contributed by atoms with Crippen molar-refractivity contribution in [1.82, 2.24) is 9.97 Å². The van der Waals surface area contributed by atoms with Crippen LogP contribution >= 0.6 is 11.3 Å². The number of thiophene rings is 1. The Morgan fingerprint density at radius 1 is 1.28 bits per heavy atom. The molecule has 1 atom stereocenters. The summed E-state index contributed by atoms with van der Waals surface area (Å²) in [6, 6.07) is 0. The van der Waals surface area contributed by atoms with Gasteiger partial charge in [-0.15, -0.1) is 11.3 Å². The zero-order chi connectivity index (χ0) is 18.0. The summed E-state index contributed by atoms with van der Waals surface area (Å²) in [5, 5.41) is 0.968. The van der Waals surface area contributed by atoms with Crippen LogP contribution in [0, 0.1) is 13.8 Å². The number of rotatable bonds is 5. The lowest BCUT2D eigenvalue weighted by molar-refractivity contribution is 0.0523. The minimum atomic E-state index is -0.280. The average molecular weight is 363 g/mol. The highest BCUT2D eigenvalue weighted by atomic mass is 32.1. The summed E-state index contributed by atoms with van der Waals surface area (Å²) >= 11 is 1.39. The Bertz CT molecular complexity index is 773. The first-order valence-corrected chi connectivity index (χ1v) is 9.68. The van der Waals surface area contributed by atoms with Gasteiger partial charge in [0.05, 0.1) is 18.1 Å². The van der Waals surface area contributed by atoms with E-state index in [1.807, 2.05) is 27.7 Å². The molecule has 1 unspecified atom stereocenters. The number of esters is 1. The number of carbonyl (C=O) groups excluding carboxylic acids is 1. The van der Waals surface area contributed by atoms with Crippen LogP contribution in [0.4, 0.5) is 5.82 Å². The van der Waals surface area contributed by atoms with E-state index in [0.717, 1.165) is 60.0 Å². The lowest BCUT2D eigenvalue weighted by Gasteiger charge is -2.33. The predicted molar refractivity (Wildman–Crippen MR) is 99.7 cm³/mol. The molecule has 136 valence electrons. The van der Waals surface area contributed by atoms with E-state index in [0.29, 0.717) is 11.5 Å². The Kier molecular flexibility index (Phi) is 5.54. The van der Waals surface area contributed by atoms with E-state index in [1.54, 1.807) is 0 Å². The van der Waals surface area contributed by atoms with Crippen molar-refractivity contribution < 1.29 is 14.3 Å². The minimum Gasteiger partial charge on any atom is -0.462 e. The number of carbonyl (C=O) groups is 1. The second kappa shape index (κ2) is 7.66. The van der Waals surface area contributed by atoms with Crippen LogP contribution < -0.4 is 4.90 Å². The maximum absolute atomic E-state index is 12.3. The van der Waals surface area contributed by atoms with Crippen LogP contribution in [0.2, 0.25) is 0 Å². The van der Waals surface area contributed by atoms with Crippen molar-refractivity contribution in [3.05, 3.63) is 16.3 Å². The number of ether oxygens (including phenoxy) is 2. The maximum Gasteiger partial charge on any atom is 0.348 e.